The van der Waals surface area contributed by atoms with Crippen LogP contribution >= 0.6 is 0 Å². The molecule has 0 spiro atoms. The van der Waals surface area contributed by atoms with Crippen molar-refractivity contribution in [3.8, 4) is 5.75 Å². The molecule has 3 heteroatoms. The Morgan fingerprint density at radius 1 is 1.20 bits per heavy atom. The summed E-state index contributed by atoms with van der Waals surface area (Å²) < 4.78 is 5.32. The molecular weight excluding hydrogens is 248 g/mol. The Bertz CT molecular complexity index is 568. The van der Waals surface area contributed by atoms with E-state index in [-0.39, 0.29) is 0 Å². The van der Waals surface area contributed by atoms with Gasteiger partial charge in [0, 0.05) is 25.0 Å². The minimum atomic E-state index is 0.544. The third-order valence-corrected chi connectivity index (χ3v) is 3.99. The zero-order valence-corrected chi connectivity index (χ0v) is 11.8. The van der Waals surface area contributed by atoms with Gasteiger partial charge in [0.05, 0.1) is 7.11 Å². The molecule has 1 N–H and O–H groups in total. The van der Waals surface area contributed by atoms with Crippen LogP contribution in [0.5, 0.6) is 5.75 Å². The van der Waals surface area contributed by atoms with Gasteiger partial charge in [0.2, 0.25) is 0 Å². The Labute approximate surface area is 120 Å². The van der Waals surface area contributed by atoms with Gasteiger partial charge in [0.15, 0.2) is 0 Å². The van der Waals surface area contributed by atoms with Crippen LogP contribution < -0.4 is 10.1 Å². The van der Waals surface area contributed by atoms with Crippen LogP contribution in [0.2, 0.25) is 0 Å². The van der Waals surface area contributed by atoms with Crippen LogP contribution in [0.4, 0.5) is 0 Å². The van der Waals surface area contributed by atoms with Gasteiger partial charge in [-0.3, -0.25) is 4.98 Å². The highest BCUT2D eigenvalue weighted by molar-refractivity contribution is 5.37. The van der Waals surface area contributed by atoms with Crippen molar-refractivity contribution in [3.05, 3.63) is 59.4 Å². The summed E-state index contributed by atoms with van der Waals surface area (Å²) in [4.78, 5) is 4.05. The number of hydrogen-bond acceptors (Lipinski definition) is 3. The van der Waals surface area contributed by atoms with Crippen LogP contribution in [0.25, 0.3) is 0 Å². The molecule has 1 aliphatic rings. The lowest BCUT2D eigenvalue weighted by Gasteiger charge is -2.26. The second-order valence-corrected chi connectivity index (χ2v) is 5.31. The van der Waals surface area contributed by atoms with Crippen LogP contribution in [0.1, 0.15) is 23.1 Å². The molecule has 20 heavy (non-hydrogen) atoms. The van der Waals surface area contributed by atoms with E-state index in [2.05, 4.69) is 40.6 Å². The quantitative estimate of drug-likeness (QED) is 0.926. The molecule has 1 atom stereocenters. The Hall–Kier alpha value is -1.87. The van der Waals surface area contributed by atoms with Crippen molar-refractivity contribution in [2.75, 3.05) is 7.11 Å². The van der Waals surface area contributed by atoms with Crippen LogP contribution in [0.3, 0.4) is 0 Å². The third kappa shape index (κ3) is 2.99. The van der Waals surface area contributed by atoms with E-state index >= 15 is 0 Å². The van der Waals surface area contributed by atoms with Crippen LogP contribution in [-0.4, -0.2) is 18.1 Å². The molecule has 0 amide bonds. The number of rotatable bonds is 4. The summed E-state index contributed by atoms with van der Waals surface area (Å²) in [6.07, 6.45) is 7.12. The molecule has 0 saturated heterocycles. The molecule has 0 fully saturated rings. The van der Waals surface area contributed by atoms with Gasteiger partial charge in [-0.05, 0) is 60.2 Å². The first-order valence-electron chi connectivity index (χ1n) is 7.13. The summed E-state index contributed by atoms with van der Waals surface area (Å²) in [6.45, 7) is 0.909. The maximum Gasteiger partial charge on any atom is 0.119 e. The van der Waals surface area contributed by atoms with Gasteiger partial charge < -0.3 is 10.1 Å². The van der Waals surface area contributed by atoms with Gasteiger partial charge in [-0.15, -0.1) is 0 Å². The third-order valence-electron chi connectivity index (χ3n) is 3.99. The van der Waals surface area contributed by atoms with Crippen molar-refractivity contribution in [1.82, 2.24) is 10.3 Å². The number of nitrogens with zero attached hydrogens (tertiary/aromatic N) is 1. The molecule has 3 nitrogen and oxygen atoms in total. The average molecular weight is 268 g/mol. The largest absolute Gasteiger partial charge is 0.497 e. The number of aryl methyl sites for hydroxylation is 1. The molecule has 104 valence electrons. The number of benzene rings is 1. The van der Waals surface area contributed by atoms with E-state index in [1.165, 1.54) is 23.1 Å². The zero-order chi connectivity index (χ0) is 13.8. The van der Waals surface area contributed by atoms with E-state index in [0.717, 1.165) is 25.1 Å². The average Bonchev–Trinajstić information content (AvgIpc) is 2.53. The van der Waals surface area contributed by atoms with Crippen molar-refractivity contribution in [3.63, 3.8) is 0 Å². The van der Waals surface area contributed by atoms with E-state index in [9.17, 15) is 0 Å². The Kier molecular flexibility index (Phi) is 3.97. The van der Waals surface area contributed by atoms with Crippen molar-refractivity contribution >= 4 is 0 Å². The normalized spacial score (nSPS) is 17.6. The number of nitrogens with one attached hydrogen (secondary N) is 1. The molecule has 3 rings (SSSR count). The number of aromatic nitrogens is 1. The summed E-state index contributed by atoms with van der Waals surface area (Å²) in [5.74, 6) is 0.957. The molecule has 1 heterocycles. The molecule has 1 aromatic carbocycles. The number of ether oxygens (including phenoxy) is 1. The predicted octanol–water partition coefficient (Wildman–Crippen LogP) is 2.74. The number of methoxy groups -OCH3 is 1. The van der Waals surface area contributed by atoms with Crippen molar-refractivity contribution < 1.29 is 4.74 Å². The first kappa shape index (κ1) is 13.1. The number of fused-ring (bicyclic) bond motifs is 1. The lowest BCUT2D eigenvalue weighted by Crippen LogP contribution is -2.34. The lowest BCUT2D eigenvalue weighted by atomic mass is 9.88. The summed E-state index contributed by atoms with van der Waals surface area (Å²) in [5, 5.41) is 3.65. The first-order chi connectivity index (χ1) is 9.85. The molecular formula is C17H20N2O. The molecule has 1 unspecified atom stereocenters. The Balaban J connectivity index is 1.63. The summed E-state index contributed by atoms with van der Waals surface area (Å²) >= 11 is 0. The fourth-order valence-corrected chi connectivity index (χ4v) is 2.80. The van der Waals surface area contributed by atoms with Crippen LogP contribution in [0.15, 0.2) is 42.7 Å². The smallest absolute Gasteiger partial charge is 0.119 e. The number of hydrogen-bond donors (Lipinski definition) is 1. The molecule has 1 aromatic heterocycles. The van der Waals surface area contributed by atoms with Crippen molar-refractivity contribution in [1.29, 1.82) is 0 Å². The fraction of sp³-hybridized carbons (Fsp3) is 0.353. The Morgan fingerprint density at radius 2 is 2.05 bits per heavy atom. The minimum Gasteiger partial charge on any atom is -0.497 e. The van der Waals surface area contributed by atoms with E-state index in [0.29, 0.717) is 6.04 Å². The molecule has 0 saturated carbocycles. The molecule has 0 bridgehead atoms. The van der Waals surface area contributed by atoms with Gasteiger partial charge in [0.1, 0.15) is 5.75 Å². The van der Waals surface area contributed by atoms with Gasteiger partial charge >= 0.3 is 0 Å². The maximum absolute atomic E-state index is 5.32. The first-order valence-corrected chi connectivity index (χ1v) is 7.13. The Morgan fingerprint density at radius 3 is 2.85 bits per heavy atom. The van der Waals surface area contributed by atoms with E-state index in [1.807, 2.05) is 12.4 Å². The summed E-state index contributed by atoms with van der Waals surface area (Å²) in [5.41, 5.74) is 4.17. The summed E-state index contributed by atoms with van der Waals surface area (Å²) in [6, 6.07) is 11.1. The van der Waals surface area contributed by atoms with Crippen molar-refractivity contribution in [2.45, 2.75) is 31.8 Å². The molecule has 0 aliphatic heterocycles. The molecule has 1 aliphatic carbocycles. The van der Waals surface area contributed by atoms with Gasteiger partial charge in [-0.1, -0.05) is 6.07 Å². The van der Waals surface area contributed by atoms with E-state index in [1.54, 1.807) is 7.11 Å². The lowest BCUT2D eigenvalue weighted by molar-refractivity contribution is 0.411. The topological polar surface area (TPSA) is 34.1 Å². The standard InChI is InChI=1S/C17H20N2O/c1-20-17-5-3-14-2-4-16(10-15(14)11-17)19-12-13-6-8-18-9-7-13/h3,5-9,11,16,19H,2,4,10,12H2,1H3. The number of pyridine rings is 1. The molecule has 0 radical (unpaired) electrons. The zero-order valence-electron chi connectivity index (χ0n) is 11.8. The SMILES string of the molecule is COc1ccc2c(c1)CC(NCc1ccncc1)CC2. The van der Waals surface area contributed by atoms with Gasteiger partial charge in [-0.25, -0.2) is 0 Å². The predicted molar refractivity (Wildman–Crippen MR) is 79.9 cm³/mol. The van der Waals surface area contributed by atoms with Crippen LogP contribution in [0, 0.1) is 0 Å². The van der Waals surface area contributed by atoms with Gasteiger partial charge in [0.25, 0.3) is 0 Å². The summed E-state index contributed by atoms with van der Waals surface area (Å²) in [7, 11) is 1.73. The highest BCUT2D eigenvalue weighted by atomic mass is 16.5. The highest BCUT2D eigenvalue weighted by Gasteiger charge is 2.18. The van der Waals surface area contributed by atoms with Crippen molar-refractivity contribution in [2.24, 2.45) is 0 Å². The maximum atomic E-state index is 5.32. The minimum absolute atomic E-state index is 0.544. The second-order valence-electron chi connectivity index (χ2n) is 5.31. The second kappa shape index (κ2) is 6.06. The molecule has 2 aromatic rings. The van der Waals surface area contributed by atoms with E-state index < -0.39 is 0 Å². The monoisotopic (exact) mass is 268 g/mol. The highest BCUT2D eigenvalue weighted by Crippen LogP contribution is 2.25. The fourth-order valence-electron chi connectivity index (χ4n) is 2.80. The van der Waals surface area contributed by atoms with E-state index in [4.69, 9.17) is 4.74 Å². The van der Waals surface area contributed by atoms with Crippen LogP contribution in [-0.2, 0) is 19.4 Å². The van der Waals surface area contributed by atoms with Gasteiger partial charge in [-0.2, -0.15) is 0 Å².